The molecule has 0 aromatic carbocycles. The smallest absolute Gasteiger partial charge is 0.308 e. The van der Waals surface area contributed by atoms with E-state index in [1.54, 1.807) is 0 Å². The first-order chi connectivity index (χ1) is 17.0. The minimum atomic E-state index is -0.599. The first-order valence-corrected chi connectivity index (χ1v) is 13.0. The van der Waals surface area contributed by atoms with Crippen molar-refractivity contribution in [2.45, 2.75) is 92.3 Å². The summed E-state index contributed by atoms with van der Waals surface area (Å²) in [4.78, 5) is 22.1. The van der Waals surface area contributed by atoms with Gasteiger partial charge in [0.15, 0.2) is 0 Å². The third-order valence-electron chi connectivity index (χ3n) is 4.44. The van der Waals surface area contributed by atoms with Gasteiger partial charge in [0.1, 0.15) is 0 Å². The van der Waals surface area contributed by atoms with Gasteiger partial charge in [-0.1, -0.05) is 76.3 Å². The monoisotopic (exact) mass is 510 g/mol. The summed E-state index contributed by atoms with van der Waals surface area (Å²) in [5, 5.41) is 21.8. The van der Waals surface area contributed by atoms with E-state index in [9.17, 15) is 19.8 Å². The molecule has 0 aromatic heterocycles. The van der Waals surface area contributed by atoms with Gasteiger partial charge in [0.25, 0.3) is 0 Å². The second-order valence-corrected chi connectivity index (χ2v) is 9.18. The summed E-state index contributed by atoms with van der Waals surface area (Å²) < 4.78 is 4.44. The number of aliphatic hydroxyl groups is 2. The molecule has 0 spiro atoms. The molecule has 5 N–H and O–H groups in total. The van der Waals surface area contributed by atoms with E-state index < -0.39 is 12.2 Å². The standard InChI is InChI=1S/C14H25NO2.C11H18O3.C4H11N/c1-4-5-6-7-8-9-13(16)10-14(17)15-11-12(2)3;1-3-4-5-6-7-8-10(12)9-11(13)14-2;1-4(2)3-5/h4-7,12-13,16H,8-11H2,1-3H3,(H,15,17);3-6,10,12H,7-9H2,1-2H3;4H,3,5H2,1-2H3. The molecule has 0 saturated carbocycles. The first kappa shape index (κ1) is 38.3. The summed E-state index contributed by atoms with van der Waals surface area (Å²) in [5.74, 6) is 0.674. The fraction of sp³-hybridized carbons (Fsp3) is 0.655. The second-order valence-electron chi connectivity index (χ2n) is 9.18. The molecule has 0 aliphatic rings. The van der Waals surface area contributed by atoms with Crippen molar-refractivity contribution in [1.29, 1.82) is 0 Å². The molecule has 0 saturated heterocycles. The van der Waals surface area contributed by atoms with Gasteiger partial charge in [-0.05, 0) is 57.9 Å². The number of amides is 1. The largest absolute Gasteiger partial charge is 0.469 e. The van der Waals surface area contributed by atoms with Crippen LogP contribution in [0.2, 0.25) is 0 Å². The first-order valence-electron chi connectivity index (χ1n) is 13.0. The van der Waals surface area contributed by atoms with Crippen molar-refractivity contribution in [3.63, 3.8) is 0 Å². The van der Waals surface area contributed by atoms with E-state index in [0.717, 1.165) is 19.4 Å². The maximum absolute atomic E-state index is 11.4. The molecule has 2 atom stereocenters. The Morgan fingerprint density at radius 3 is 1.64 bits per heavy atom. The Bertz CT molecular complexity index is 625. The van der Waals surface area contributed by atoms with E-state index in [0.29, 0.717) is 31.2 Å². The minimum Gasteiger partial charge on any atom is -0.469 e. The Kier molecular flexibility index (Phi) is 30.9. The highest BCUT2D eigenvalue weighted by atomic mass is 16.5. The molecule has 0 aliphatic heterocycles. The molecule has 0 radical (unpaired) electrons. The van der Waals surface area contributed by atoms with Crippen LogP contribution in [0.1, 0.15) is 80.1 Å². The lowest BCUT2D eigenvalue weighted by molar-refractivity contribution is -0.142. The van der Waals surface area contributed by atoms with Gasteiger partial charge in [-0.25, -0.2) is 0 Å². The molecule has 0 aromatic rings. The van der Waals surface area contributed by atoms with Crippen LogP contribution >= 0.6 is 0 Å². The van der Waals surface area contributed by atoms with E-state index in [1.165, 1.54) is 7.11 Å². The fourth-order valence-electron chi connectivity index (χ4n) is 2.23. The molecular formula is C29H54N2O5. The van der Waals surface area contributed by atoms with Crippen molar-refractivity contribution >= 4 is 11.9 Å². The Balaban J connectivity index is -0.000000515. The lowest BCUT2D eigenvalue weighted by atomic mass is 10.1. The average molecular weight is 511 g/mol. The lowest BCUT2D eigenvalue weighted by Gasteiger charge is -2.11. The zero-order valence-corrected chi connectivity index (χ0v) is 23.8. The number of aliphatic hydroxyl groups excluding tert-OH is 2. The van der Waals surface area contributed by atoms with Crippen molar-refractivity contribution < 1.29 is 24.5 Å². The molecule has 0 bridgehead atoms. The molecule has 210 valence electrons. The van der Waals surface area contributed by atoms with E-state index >= 15 is 0 Å². The van der Waals surface area contributed by atoms with Crippen molar-refractivity contribution in [2.75, 3.05) is 20.2 Å². The predicted octanol–water partition coefficient (Wildman–Crippen LogP) is 4.85. The number of carbonyl (C=O) groups is 2. The van der Waals surface area contributed by atoms with Gasteiger partial charge in [0, 0.05) is 6.54 Å². The van der Waals surface area contributed by atoms with Gasteiger partial charge < -0.3 is 26.0 Å². The van der Waals surface area contributed by atoms with Gasteiger partial charge in [-0.2, -0.15) is 0 Å². The van der Waals surface area contributed by atoms with Crippen LogP contribution in [0.3, 0.4) is 0 Å². The SMILES string of the molecule is CC(C)CN.CC=CC=CCCC(O)CC(=O)NCC(C)C.CC=CC=CCCC(O)CC(=O)OC. The van der Waals surface area contributed by atoms with E-state index in [-0.39, 0.29) is 24.7 Å². The number of allylic oxidation sites excluding steroid dienone is 8. The summed E-state index contributed by atoms with van der Waals surface area (Å²) in [6.45, 7) is 13.7. The Hall–Kier alpha value is -2.22. The lowest BCUT2D eigenvalue weighted by Crippen LogP contribution is -2.30. The quantitative estimate of drug-likeness (QED) is 0.185. The van der Waals surface area contributed by atoms with Crippen LogP contribution in [0.4, 0.5) is 0 Å². The molecule has 7 heteroatoms. The van der Waals surface area contributed by atoms with E-state index in [1.807, 2.05) is 76.3 Å². The Labute approximate surface area is 220 Å². The highest BCUT2D eigenvalue weighted by molar-refractivity contribution is 5.76. The maximum atomic E-state index is 11.4. The fourth-order valence-corrected chi connectivity index (χ4v) is 2.23. The average Bonchev–Trinajstić information content (AvgIpc) is 2.83. The van der Waals surface area contributed by atoms with Crippen molar-refractivity contribution in [1.82, 2.24) is 5.32 Å². The summed E-state index contributed by atoms with van der Waals surface area (Å²) in [6, 6.07) is 0. The zero-order valence-electron chi connectivity index (χ0n) is 23.8. The number of nitrogens with two attached hydrogens (primary N) is 1. The molecule has 0 rings (SSSR count). The number of nitrogens with one attached hydrogen (secondary N) is 1. The Morgan fingerprint density at radius 1 is 0.833 bits per heavy atom. The third-order valence-corrected chi connectivity index (χ3v) is 4.44. The summed E-state index contributed by atoms with van der Waals surface area (Å²) >= 11 is 0. The van der Waals surface area contributed by atoms with Gasteiger partial charge in [-0.3, -0.25) is 9.59 Å². The molecule has 2 unspecified atom stereocenters. The molecule has 7 nitrogen and oxygen atoms in total. The van der Waals surface area contributed by atoms with Crippen LogP contribution in [0.15, 0.2) is 48.6 Å². The van der Waals surface area contributed by atoms with Crippen molar-refractivity contribution in [2.24, 2.45) is 17.6 Å². The van der Waals surface area contributed by atoms with Crippen LogP contribution in [0.5, 0.6) is 0 Å². The molecule has 36 heavy (non-hydrogen) atoms. The molecular weight excluding hydrogens is 456 g/mol. The maximum Gasteiger partial charge on any atom is 0.308 e. The van der Waals surface area contributed by atoms with Gasteiger partial charge in [0.05, 0.1) is 32.2 Å². The van der Waals surface area contributed by atoms with E-state index in [4.69, 9.17) is 5.73 Å². The predicted molar refractivity (Wildman–Crippen MR) is 151 cm³/mol. The van der Waals surface area contributed by atoms with Gasteiger partial charge in [0.2, 0.25) is 5.91 Å². The summed E-state index contributed by atoms with van der Waals surface area (Å²) in [7, 11) is 1.32. The number of methoxy groups -OCH3 is 1. The highest BCUT2D eigenvalue weighted by Gasteiger charge is 2.10. The van der Waals surface area contributed by atoms with Gasteiger partial charge in [-0.15, -0.1) is 0 Å². The molecule has 0 heterocycles. The third kappa shape index (κ3) is 36.4. The van der Waals surface area contributed by atoms with Crippen molar-refractivity contribution in [3.05, 3.63) is 48.6 Å². The number of hydrogen-bond donors (Lipinski definition) is 4. The van der Waals surface area contributed by atoms with Crippen LogP contribution in [0.25, 0.3) is 0 Å². The highest BCUT2D eigenvalue weighted by Crippen LogP contribution is 2.04. The van der Waals surface area contributed by atoms with Crippen LogP contribution < -0.4 is 11.1 Å². The molecule has 0 aliphatic carbocycles. The van der Waals surface area contributed by atoms with Crippen LogP contribution in [-0.2, 0) is 14.3 Å². The summed E-state index contributed by atoms with van der Waals surface area (Å²) in [6.07, 6.45) is 17.5. The van der Waals surface area contributed by atoms with Crippen molar-refractivity contribution in [3.8, 4) is 0 Å². The number of hydrogen-bond acceptors (Lipinski definition) is 6. The topological polar surface area (TPSA) is 122 Å². The normalized spacial score (nSPS) is 13.1. The number of ether oxygens (including phenoxy) is 1. The van der Waals surface area contributed by atoms with Gasteiger partial charge >= 0.3 is 5.97 Å². The number of esters is 1. The Morgan fingerprint density at radius 2 is 1.28 bits per heavy atom. The molecule has 1 amide bonds. The second kappa shape index (κ2) is 29.0. The van der Waals surface area contributed by atoms with Crippen LogP contribution in [-0.4, -0.2) is 54.5 Å². The zero-order chi connectivity index (χ0) is 28.2. The molecule has 0 fully saturated rings. The van der Waals surface area contributed by atoms with E-state index in [2.05, 4.69) is 23.9 Å². The summed E-state index contributed by atoms with van der Waals surface area (Å²) in [5.41, 5.74) is 5.17. The number of rotatable bonds is 15. The number of carbonyl (C=O) groups excluding carboxylic acids is 2. The van der Waals surface area contributed by atoms with Crippen LogP contribution in [0, 0.1) is 11.8 Å². The minimum absolute atomic E-state index is 0.0661.